The fourth-order valence-corrected chi connectivity index (χ4v) is 3.84. The van der Waals surface area contributed by atoms with Gasteiger partial charge in [-0.3, -0.25) is 19.4 Å². The SMILES string of the molecule is CC(=O)Oc1ccc(C(C(=O)Nc2cncc(Cc3ccccc3)n2)c2ccc(OC(C)=O)cc2)cc1. The summed E-state index contributed by atoms with van der Waals surface area (Å²) in [6.07, 6.45) is 3.74. The number of nitrogens with zero attached hydrogens (tertiary/aromatic N) is 2. The van der Waals surface area contributed by atoms with Gasteiger partial charge in [-0.2, -0.15) is 0 Å². The van der Waals surface area contributed by atoms with E-state index in [2.05, 4.69) is 15.3 Å². The Morgan fingerprint density at radius 1 is 0.757 bits per heavy atom. The Morgan fingerprint density at radius 3 is 1.81 bits per heavy atom. The number of ether oxygens (including phenoxy) is 2. The van der Waals surface area contributed by atoms with E-state index in [0.717, 1.165) is 11.3 Å². The predicted molar refractivity (Wildman–Crippen MR) is 137 cm³/mol. The molecule has 8 heteroatoms. The number of benzene rings is 3. The third kappa shape index (κ3) is 7.08. The van der Waals surface area contributed by atoms with Crippen LogP contribution in [-0.2, 0) is 20.8 Å². The number of carbonyl (C=O) groups is 3. The minimum atomic E-state index is -0.725. The van der Waals surface area contributed by atoms with Gasteiger partial charge in [-0.05, 0) is 41.0 Å². The Kier molecular flexibility index (Phi) is 8.00. The molecule has 8 nitrogen and oxygen atoms in total. The van der Waals surface area contributed by atoms with Crippen LogP contribution in [0.5, 0.6) is 11.5 Å². The molecule has 0 fully saturated rings. The Labute approximate surface area is 214 Å². The smallest absolute Gasteiger partial charge is 0.308 e. The van der Waals surface area contributed by atoms with Crippen LogP contribution >= 0.6 is 0 Å². The fourth-order valence-electron chi connectivity index (χ4n) is 3.84. The van der Waals surface area contributed by atoms with Gasteiger partial charge >= 0.3 is 11.9 Å². The number of hydrogen-bond acceptors (Lipinski definition) is 7. The van der Waals surface area contributed by atoms with Gasteiger partial charge in [0, 0.05) is 26.5 Å². The van der Waals surface area contributed by atoms with E-state index in [1.165, 1.54) is 20.0 Å². The molecule has 0 aliphatic carbocycles. The molecule has 0 bridgehead atoms. The molecule has 4 rings (SSSR count). The van der Waals surface area contributed by atoms with E-state index in [4.69, 9.17) is 9.47 Å². The molecule has 0 saturated carbocycles. The molecule has 0 atom stereocenters. The van der Waals surface area contributed by atoms with Crippen LogP contribution in [0.15, 0.2) is 91.3 Å². The average molecular weight is 496 g/mol. The third-order valence-electron chi connectivity index (χ3n) is 5.38. The van der Waals surface area contributed by atoms with Crippen LogP contribution in [0.3, 0.4) is 0 Å². The summed E-state index contributed by atoms with van der Waals surface area (Å²) < 4.78 is 10.2. The van der Waals surface area contributed by atoms with E-state index in [1.807, 2.05) is 30.3 Å². The highest BCUT2D eigenvalue weighted by molar-refractivity contribution is 5.97. The van der Waals surface area contributed by atoms with Gasteiger partial charge in [0.15, 0.2) is 5.82 Å². The van der Waals surface area contributed by atoms with Crippen LogP contribution in [0.25, 0.3) is 0 Å². The molecule has 0 aliphatic heterocycles. The largest absolute Gasteiger partial charge is 0.427 e. The first kappa shape index (κ1) is 25.2. The van der Waals surface area contributed by atoms with Crippen LogP contribution < -0.4 is 14.8 Å². The lowest BCUT2D eigenvalue weighted by Gasteiger charge is -2.18. The minimum absolute atomic E-state index is 0.327. The molecule has 0 saturated heterocycles. The predicted octanol–water partition coefficient (Wildman–Crippen LogP) is 4.69. The van der Waals surface area contributed by atoms with E-state index in [9.17, 15) is 14.4 Å². The van der Waals surface area contributed by atoms with Crippen molar-refractivity contribution in [1.82, 2.24) is 9.97 Å². The molecule has 1 aromatic heterocycles. The maximum absolute atomic E-state index is 13.6. The zero-order chi connectivity index (χ0) is 26.2. The minimum Gasteiger partial charge on any atom is -0.427 e. The van der Waals surface area contributed by atoms with Crippen molar-refractivity contribution in [3.05, 3.63) is 114 Å². The first-order chi connectivity index (χ1) is 17.9. The van der Waals surface area contributed by atoms with Crippen molar-refractivity contribution < 1.29 is 23.9 Å². The van der Waals surface area contributed by atoms with E-state index < -0.39 is 17.9 Å². The van der Waals surface area contributed by atoms with Crippen molar-refractivity contribution in [3.8, 4) is 11.5 Å². The number of hydrogen-bond donors (Lipinski definition) is 1. The van der Waals surface area contributed by atoms with Gasteiger partial charge < -0.3 is 14.8 Å². The number of nitrogens with one attached hydrogen (secondary N) is 1. The van der Waals surface area contributed by atoms with Crippen molar-refractivity contribution in [3.63, 3.8) is 0 Å². The second-order valence-electron chi connectivity index (χ2n) is 8.31. The standard InChI is InChI=1S/C29H25N3O5/c1-19(33)36-25-12-8-22(9-13-25)28(23-10-14-26(15-11-23)37-20(2)34)29(35)32-27-18-30-17-24(31-27)16-21-6-4-3-5-7-21/h3-15,17-18,28H,16H2,1-2H3,(H,31,32,35). The van der Waals surface area contributed by atoms with Crippen LogP contribution in [0.1, 0.15) is 42.1 Å². The van der Waals surface area contributed by atoms with E-state index >= 15 is 0 Å². The van der Waals surface area contributed by atoms with Gasteiger partial charge in [-0.15, -0.1) is 0 Å². The Balaban J connectivity index is 1.60. The van der Waals surface area contributed by atoms with Gasteiger partial charge in [0.2, 0.25) is 5.91 Å². The molecule has 1 amide bonds. The molecular weight excluding hydrogens is 470 g/mol. The summed E-state index contributed by atoms with van der Waals surface area (Å²) >= 11 is 0. The van der Waals surface area contributed by atoms with E-state index in [0.29, 0.717) is 34.9 Å². The topological polar surface area (TPSA) is 107 Å². The molecule has 0 unspecified atom stereocenters. The van der Waals surface area contributed by atoms with Gasteiger partial charge in [-0.1, -0.05) is 54.6 Å². The van der Waals surface area contributed by atoms with Crippen LogP contribution in [0.2, 0.25) is 0 Å². The quantitative estimate of drug-likeness (QED) is 0.279. The molecule has 3 aromatic carbocycles. The Bertz CT molecular complexity index is 1330. The van der Waals surface area contributed by atoms with Crippen molar-refractivity contribution in [2.75, 3.05) is 5.32 Å². The monoisotopic (exact) mass is 495 g/mol. The summed E-state index contributed by atoms with van der Waals surface area (Å²) in [5.41, 5.74) is 3.14. The van der Waals surface area contributed by atoms with Crippen molar-refractivity contribution >= 4 is 23.7 Å². The molecular formula is C29H25N3O5. The Hall–Kier alpha value is -4.85. The fraction of sp³-hybridized carbons (Fsp3) is 0.138. The summed E-state index contributed by atoms with van der Waals surface area (Å²) in [6.45, 7) is 2.64. The lowest BCUT2D eigenvalue weighted by molar-refractivity contribution is -0.132. The second kappa shape index (κ2) is 11.7. The number of anilines is 1. The summed E-state index contributed by atoms with van der Waals surface area (Å²) in [6, 6.07) is 23.3. The van der Waals surface area contributed by atoms with Crippen LogP contribution in [-0.4, -0.2) is 27.8 Å². The van der Waals surface area contributed by atoms with E-state index in [1.54, 1.807) is 54.7 Å². The number of esters is 2. The van der Waals surface area contributed by atoms with Gasteiger partial charge in [0.25, 0.3) is 0 Å². The third-order valence-corrected chi connectivity index (χ3v) is 5.38. The van der Waals surface area contributed by atoms with Crippen molar-refractivity contribution in [2.24, 2.45) is 0 Å². The summed E-state index contributed by atoms with van der Waals surface area (Å²) in [5, 5.41) is 2.88. The maximum atomic E-state index is 13.6. The van der Waals surface area contributed by atoms with Crippen LogP contribution in [0.4, 0.5) is 5.82 Å². The normalized spacial score (nSPS) is 10.6. The highest BCUT2D eigenvalue weighted by Crippen LogP contribution is 2.29. The zero-order valence-electron chi connectivity index (χ0n) is 20.4. The van der Waals surface area contributed by atoms with Crippen molar-refractivity contribution in [1.29, 1.82) is 0 Å². The highest BCUT2D eigenvalue weighted by Gasteiger charge is 2.24. The lowest BCUT2D eigenvalue weighted by atomic mass is 9.90. The molecule has 1 N–H and O–H groups in total. The van der Waals surface area contributed by atoms with Gasteiger partial charge in [-0.25, -0.2) is 4.98 Å². The maximum Gasteiger partial charge on any atom is 0.308 e. The molecule has 0 spiro atoms. The summed E-state index contributed by atoms with van der Waals surface area (Å²) in [4.78, 5) is 44.9. The van der Waals surface area contributed by atoms with Crippen LogP contribution in [0, 0.1) is 0 Å². The second-order valence-corrected chi connectivity index (χ2v) is 8.31. The Morgan fingerprint density at radius 2 is 1.30 bits per heavy atom. The molecule has 4 aromatic rings. The first-order valence-corrected chi connectivity index (χ1v) is 11.6. The average Bonchev–Trinajstić information content (AvgIpc) is 2.86. The molecule has 186 valence electrons. The van der Waals surface area contributed by atoms with E-state index in [-0.39, 0.29) is 5.91 Å². The molecule has 0 aliphatic rings. The molecule has 0 radical (unpaired) electrons. The number of rotatable bonds is 8. The summed E-state index contributed by atoms with van der Waals surface area (Å²) in [5.74, 6) is -0.838. The molecule has 37 heavy (non-hydrogen) atoms. The number of amides is 1. The molecule has 1 heterocycles. The summed E-state index contributed by atoms with van der Waals surface area (Å²) in [7, 11) is 0. The number of carbonyl (C=O) groups excluding carboxylic acids is 3. The lowest BCUT2D eigenvalue weighted by Crippen LogP contribution is -2.23. The highest BCUT2D eigenvalue weighted by atomic mass is 16.5. The van der Waals surface area contributed by atoms with Gasteiger partial charge in [0.05, 0.1) is 17.8 Å². The number of aromatic nitrogens is 2. The zero-order valence-corrected chi connectivity index (χ0v) is 20.4. The van der Waals surface area contributed by atoms with Crippen molar-refractivity contribution in [2.45, 2.75) is 26.2 Å². The van der Waals surface area contributed by atoms with Gasteiger partial charge in [0.1, 0.15) is 11.5 Å². The first-order valence-electron chi connectivity index (χ1n) is 11.6.